The number of rotatable bonds is 2. The Labute approximate surface area is 116 Å². The zero-order chi connectivity index (χ0) is 14.1. The summed E-state index contributed by atoms with van der Waals surface area (Å²) in [4.78, 5) is 12.1. The molecule has 1 aliphatic rings. The maximum absolute atomic E-state index is 12.9. The number of anilines is 1. The number of halogens is 1. The molecule has 0 radical (unpaired) electrons. The predicted octanol–water partition coefficient (Wildman–Crippen LogP) is 3.27. The second-order valence-corrected chi connectivity index (χ2v) is 4.95. The molecule has 0 fully saturated rings. The first-order valence-electron chi connectivity index (χ1n) is 6.55. The van der Waals surface area contributed by atoms with Gasteiger partial charge in [0.25, 0.3) is 5.91 Å². The summed E-state index contributed by atoms with van der Waals surface area (Å²) in [6.07, 6.45) is 3.26. The fourth-order valence-electron chi connectivity index (χ4n) is 2.54. The third-order valence-corrected chi connectivity index (χ3v) is 3.56. The van der Waals surface area contributed by atoms with Crippen molar-refractivity contribution in [3.8, 4) is 5.75 Å². The van der Waals surface area contributed by atoms with Crippen molar-refractivity contribution in [2.75, 3.05) is 5.32 Å². The molecule has 0 bridgehead atoms. The number of fused-ring (bicyclic) bond motifs is 1. The van der Waals surface area contributed by atoms with Crippen molar-refractivity contribution in [1.82, 2.24) is 0 Å². The van der Waals surface area contributed by atoms with E-state index in [9.17, 15) is 14.3 Å². The number of hydrogen-bond donors (Lipinski definition) is 2. The number of carbonyl (C=O) groups excluding carboxylic acids is 1. The van der Waals surface area contributed by atoms with Crippen LogP contribution in [0.25, 0.3) is 0 Å². The van der Waals surface area contributed by atoms with Gasteiger partial charge in [0.1, 0.15) is 11.6 Å². The molecule has 0 unspecified atom stereocenters. The first kappa shape index (κ1) is 12.7. The van der Waals surface area contributed by atoms with Gasteiger partial charge in [-0.15, -0.1) is 0 Å². The molecule has 20 heavy (non-hydrogen) atoms. The highest BCUT2D eigenvalue weighted by molar-refractivity contribution is 6.06. The highest BCUT2D eigenvalue weighted by atomic mass is 19.1. The molecule has 0 spiro atoms. The minimum Gasteiger partial charge on any atom is -0.507 e. The van der Waals surface area contributed by atoms with Crippen LogP contribution in [0.3, 0.4) is 0 Å². The second kappa shape index (κ2) is 4.96. The van der Waals surface area contributed by atoms with Gasteiger partial charge in [-0.2, -0.15) is 0 Å². The summed E-state index contributed by atoms with van der Waals surface area (Å²) in [5, 5.41) is 12.3. The van der Waals surface area contributed by atoms with Crippen LogP contribution in [0.2, 0.25) is 0 Å². The van der Waals surface area contributed by atoms with Crippen molar-refractivity contribution in [2.24, 2.45) is 0 Å². The first-order valence-corrected chi connectivity index (χ1v) is 6.55. The van der Waals surface area contributed by atoms with Gasteiger partial charge in [-0.1, -0.05) is 6.07 Å². The summed E-state index contributed by atoms with van der Waals surface area (Å²) >= 11 is 0. The van der Waals surface area contributed by atoms with E-state index in [4.69, 9.17) is 0 Å². The fourth-order valence-corrected chi connectivity index (χ4v) is 2.54. The maximum Gasteiger partial charge on any atom is 0.259 e. The minimum atomic E-state index is -0.573. The molecule has 2 N–H and O–H groups in total. The predicted molar refractivity (Wildman–Crippen MR) is 74.5 cm³/mol. The quantitative estimate of drug-likeness (QED) is 0.880. The lowest BCUT2D eigenvalue weighted by Gasteiger charge is -2.08. The standard InChI is InChI=1S/C16H14FNO2/c17-12-5-7-14(15(19)9-12)16(20)18-13-6-4-10-2-1-3-11(10)8-13/h4-9,19H,1-3H2,(H,18,20). The van der Waals surface area contributed by atoms with Gasteiger partial charge in [-0.3, -0.25) is 4.79 Å². The second-order valence-electron chi connectivity index (χ2n) is 4.95. The van der Waals surface area contributed by atoms with Crippen LogP contribution in [-0.2, 0) is 12.8 Å². The largest absolute Gasteiger partial charge is 0.507 e. The molecule has 3 rings (SSSR count). The van der Waals surface area contributed by atoms with E-state index in [1.807, 2.05) is 18.2 Å². The smallest absolute Gasteiger partial charge is 0.259 e. The van der Waals surface area contributed by atoms with E-state index in [1.54, 1.807) is 0 Å². The lowest BCUT2D eigenvalue weighted by Crippen LogP contribution is -2.12. The van der Waals surface area contributed by atoms with E-state index in [-0.39, 0.29) is 11.3 Å². The summed E-state index contributed by atoms with van der Waals surface area (Å²) in [6, 6.07) is 9.17. The number of phenols is 1. The topological polar surface area (TPSA) is 49.3 Å². The number of hydrogen-bond acceptors (Lipinski definition) is 2. The van der Waals surface area contributed by atoms with Crippen LogP contribution in [-0.4, -0.2) is 11.0 Å². The Morgan fingerprint density at radius 2 is 1.90 bits per heavy atom. The molecule has 0 aromatic heterocycles. The lowest BCUT2D eigenvalue weighted by atomic mass is 10.1. The molecule has 4 heteroatoms. The highest BCUT2D eigenvalue weighted by Crippen LogP contribution is 2.26. The van der Waals surface area contributed by atoms with Crippen molar-refractivity contribution in [3.63, 3.8) is 0 Å². The van der Waals surface area contributed by atoms with E-state index in [1.165, 1.54) is 17.2 Å². The SMILES string of the molecule is O=C(Nc1ccc2c(c1)CCC2)c1ccc(F)cc1O. The molecule has 0 atom stereocenters. The third-order valence-electron chi connectivity index (χ3n) is 3.56. The third kappa shape index (κ3) is 2.37. The fraction of sp³-hybridized carbons (Fsp3) is 0.188. The first-order chi connectivity index (χ1) is 9.63. The molecule has 1 aliphatic carbocycles. The van der Waals surface area contributed by atoms with Gasteiger partial charge in [0, 0.05) is 11.8 Å². The molecule has 0 saturated carbocycles. The highest BCUT2D eigenvalue weighted by Gasteiger charge is 2.14. The molecule has 1 amide bonds. The summed E-state index contributed by atoms with van der Waals surface area (Å²) in [7, 11) is 0. The van der Waals surface area contributed by atoms with Gasteiger partial charge < -0.3 is 10.4 Å². The molecule has 0 aliphatic heterocycles. The maximum atomic E-state index is 12.9. The van der Waals surface area contributed by atoms with Gasteiger partial charge in [0.05, 0.1) is 5.56 Å². The number of nitrogens with one attached hydrogen (secondary N) is 1. The Morgan fingerprint density at radius 1 is 1.10 bits per heavy atom. The summed E-state index contributed by atoms with van der Waals surface area (Å²) in [5.41, 5.74) is 3.34. The van der Waals surface area contributed by atoms with E-state index >= 15 is 0 Å². The van der Waals surface area contributed by atoms with Crippen molar-refractivity contribution in [3.05, 3.63) is 58.9 Å². The molecule has 2 aromatic rings. The van der Waals surface area contributed by atoms with Crippen LogP contribution in [0.15, 0.2) is 36.4 Å². The van der Waals surface area contributed by atoms with Crippen LogP contribution >= 0.6 is 0 Å². The van der Waals surface area contributed by atoms with E-state index < -0.39 is 11.7 Å². The number of aryl methyl sites for hydroxylation is 2. The Balaban J connectivity index is 1.82. The zero-order valence-electron chi connectivity index (χ0n) is 10.8. The van der Waals surface area contributed by atoms with Crippen LogP contribution in [0.5, 0.6) is 5.75 Å². The number of aromatic hydroxyl groups is 1. The van der Waals surface area contributed by atoms with Crippen LogP contribution in [0, 0.1) is 5.82 Å². The van der Waals surface area contributed by atoms with Crippen LogP contribution in [0.1, 0.15) is 27.9 Å². The van der Waals surface area contributed by atoms with Crippen molar-refractivity contribution in [2.45, 2.75) is 19.3 Å². The molecule has 3 nitrogen and oxygen atoms in total. The number of carbonyl (C=O) groups is 1. The Kier molecular flexibility index (Phi) is 3.14. The van der Waals surface area contributed by atoms with E-state index in [0.717, 1.165) is 31.4 Å². The van der Waals surface area contributed by atoms with Crippen molar-refractivity contribution >= 4 is 11.6 Å². The van der Waals surface area contributed by atoms with E-state index in [2.05, 4.69) is 5.32 Å². The Morgan fingerprint density at radius 3 is 2.70 bits per heavy atom. The normalized spacial score (nSPS) is 13.1. The molecule has 0 saturated heterocycles. The lowest BCUT2D eigenvalue weighted by molar-refractivity contribution is 0.102. The number of phenolic OH excluding ortho intramolecular Hbond substituents is 1. The van der Waals surface area contributed by atoms with Gasteiger partial charge in [-0.25, -0.2) is 4.39 Å². The number of benzene rings is 2. The van der Waals surface area contributed by atoms with Crippen molar-refractivity contribution in [1.29, 1.82) is 0 Å². The summed E-state index contributed by atoms with van der Waals surface area (Å²) in [5.74, 6) is -1.37. The molecule has 102 valence electrons. The van der Waals surface area contributed by atoms with Gasteiger partial charge in [-0.05, 0) is 54.7 Å². The van der Waals surface area contributed by atoms with Gasteiger partial charge in [0.15, 0.2) is 0 Å². The number of amides is 1. The molecular formula is C16H14FNO2. The van der Waals surface area contributed by atoms with Gasteiger partial charge in [0.2, 0.25) is 0 Å². The van der Waals surface area contributed by atoms with Crippen LogP contribution < -0.4 is 5.32 Å². The van der Waals surface area contributed by atoms with Gasteiger partial charge >= 0.3 is 0 Å². The molecule has 0 heterocycles. The molecular weight excluding hydrogens is 257 g/mol. The molecule has 2 aromatic carbocycles. The van der Waals surface area contributed by atoms with Crippen LogP contribution in [0.4, 0.5) is 10.1 Å². The average Bonchev–Trinajstić information content (AvgIpc) is 2.85. The Hall–Kier alpha value is -2.36. The Bertz CT molecular complexity index is 682. The monoisotopic (exact) mass is 271 g/mol. The van der Waals surface area contributed by atoms with Crippen molar-refractivity contribution < 1.29 is 14.3 Å². The minimum absolute atomic E-state index is 0.0619. The zero-order valence-corrected chi connectivity index (χ0v) is 10.8. The summed E-state index contributed by atoms with van der Waals surface area (Å²) in [6.45, 7) is 0. The summed E-state index contributed by atoms with van der Waals surface area (Å²) < 4.78 is 12.9. The van der Waals surface area contributed by atoms with E-state index in [0.29, 0.717) is 5.69 Å². The average molecular weight is 271 g/mol.